The van der Waals surface area contributed by atoms with Gasteiger partial charge in [-0.15, -0.1) is 0 Å². The third kappa shape index (κ3) is 4.23. The van der Waals surface area contributed by atoms with E-state index in [2.05, 4.69) is 19.8 Å². The molecule has 0 saturated carbocycles. The molecule has 0 saturated heterocycles. The van der Waals surface area contributed by atoms with Crippen molar-refractivity contribution in [2.24, 2.45) is 0 Å². The van der Waals surface area contributed by atoms with Gasteiger partial charge in [0.25, 0.3) is 0 Å². The Bertz CT molecular complexity index is 969. The van der Waals surface area contributed by atoms with Crippen LogP contribution in [-0.4, -0.2) is 33.9 Å². The number of nitrogens with zero attached hydrogens (tertiary/aromatic N) is 4. The van der Waals surface area contributed by atoms with E-state index in [-0.39, 0.29) is 17.7 Å². The lowest BCUT2D eigenvalue weighted by atomic mass is 9.97. The fourth-order valence-corrected chi connectivity index (χ4v) is 3.21. The maximum Gasteiger partial charge on any atom is 0.232 e. The lowest BCUT2D eigenvalue weighted by Gasteiger charge is -2.10. The van der Waals surface area contributed by atoms with Gasteiger partial charge >= 0.3 is 0 Å². The normalized spacial score (nSPS) is 12.8. The van der Waals surface area contributed by atoms with Crippen LogP contribution in [0.25, 0.3) is 11.0 Å². The maximum absolute atomic E-state index is 12.2. The van der Waals surface area contributed by atoms with E-state index in [9.17, 15) is 8.42 Å². The number of aryl methyl sites for hydroxylation is 1. The van der Waals surface area contributed by atoms with Crippen molar-refractivity contribution in [3.8, 4) is 0 Å². The molecule has 0 unspecified atom stereocenters. The molecule has 3 aromatic rings. The quantitative estimate of drug-likeness (QED) is 0.717. The van der Waals surface area contributed by atoms with Gasteiger partial charge in [0.1, 0.15) is 0 Å². The summed E-state index contributed by atoms with van der Waals surface area (Å²) < 4.78 is 33.9. The van der Waals surface area contributed by atoms with Gasteiger partial charge in [0.2, 0.25) is 15.9 Å². The van der Waals surface area contributed by atoms with Gasteiger partial charge in [-0.05, 0) is 12.1 Å². The number of para-hydroxylation sites is 2. The summed E-state index contributed by atoms with van der Waals surface area (Å²) in [6, 6.07) is 7.60. The van der Waals surface area contributed by atoms with Crippen LogP contribution in [0.4, 0.5) is 0 Å². The summed E-state index contributed by atoms with van der Waals surface area (Å²) in [7, 11) is -3.47. The number of aromatic nitrogens is 4. The predicted molar refractivity (Wildman–Crippen MR) is 93.4 cm³/mol. The van der Waals surface area contributed by atoms with Gasteiger partial charge < -0.3 is 9.09 Å². The molecule has 0 radical (unpaired) electrons. The molecule has 8 nitrogen and oxygen atoms in total. The SMILES string of the molecule is CC(C)(C)c1nc(CNS(=O)(=O)CCn2cnc3ccccc32)no1. The van der Waals surface area contributed by atoms with E-state index in [1.807, 2.05) is 49.6 Å². The van der Waals surface area contributed by atoms with E-state index in [0.29, 0.717) is 18.3 Å². The minimum Gasteiger partial charge on any atom is -0.339 e. The molecule has 25 heavy (non-hydrogen) atoms. The highest BCUT2D eigenvalue weighted by molar-refractivity contribution is 7.89. The predicted octanol–water partition coefficient (Wildman–Crippen LogP) is 1.84. The minimum atomic E-state index is -3.47. The molecule has 0 bridgehead atoms. The molecule has 0 spiro atoms. The standard InChI is InChI=1S/C16H21N5O3S/c1-16(2,3)15-19-14(20-24-15)10-18-25(22,23)9-8-21-11-17-12-6-4-5-7-13(12)21/h4-7,11,18H,8-10H2,1-3H3. The van der Waals surface area contributed by atoms with Crippen LogP contribution < -0.4 is 4.72 Å². The molecule has 0 aliphatic carbocycles. The van der Waals surface area contributed by atoms with Crippen molar-refractivity contribution in [3.05, 3.63) is 42.3 Å². The summed E-state index contributed by atoms with van der Waals surface area (Å²) >= 11 is 0. The van der Waals surface area contributed by atoms with Crippen molar-refractivity contribution >= 4 is 21.1 Å². The number of nitrogens with one attached hydrogen (secondary N) is 1. The van der Waals surface area contributed by atoms with Gasteiger partial charge in [-0.25, -0.2) is 18.1 Å². The zero-order valence-electron chi connectivity index (χ0n) is 14.4. The number of fused-ring (bicyclic) bond motifs is 1. The van der Waals surface area contributed by atoms with Gasteiger partial charge in [-0.2, -0.15) is 4.98 Å². The first-order valence-electron chi connectivity index (χ1n) is 7.95. The number of sulfonamides is 1. The van der Waals surface area contributed by atoms with Crippen LogP contribution >= 0.6 is 0 Å². The Morgan fingerprint density at radius 1 is 1.24 bits per heavy atom. The molecule has 1 N–H and O–H groups in total. The molecule has 134 valence electrons. The van der Waals surface area contributed by atoms with Crippen LogP contribution in [0.2, 0.25) is 0 Å². The summed E-state index contributed by atoms with van der Waals surface area (Å²) in [6.07, 6.45) is 1.65. The van der Waals surface area contributed by atoms with Crippen LogP contribution in [0.1, 0.15) is 32.5 Å². The smallest absolute Gasteiger partial charge is 0.232 e. The van der Waals surface area contributed by atoms with E-state index in [4.69, 9.17) is 4.52 Å². The number of benzene rings is 1. The molecule has 2 aromatic heterocycles. The van der Waals surface area contributed by atoms with Gasteiger partial charge in [-0.1, -0.05) is 38.1 Å². The lowest BCUT2D eigenvalue weighted by molar-refractivity contribution is 0.318. The van der Waals surface area contributed by atoms with Crippen molar-refractivity contribution in [1.29, 1.82) is 0 Å². The van der Waals surface area contributed by atoms with Gasteiger partial charge in [-0.3, -0.25) is 0 Å². The van der Waals surface area contributed by atoms with Crippen molar-refractivity contribution in [2.75, 3.05) is 5.75 Å². The highest BCUT2D eigenvalue weighted by Crippen LogP contribution is 2.19. The molecule has 0 aliphatic rings. The fraction of sp³-hybridized carbons (Fsp3) is 0.438. The van der Waals surface area contributed by atoms with Crippen LogP contribution in [-0.2, 0) is 28.5 Å². The molecule has 0 amide bonds. The van der Waals surface area contributed by atoms with Crippen molar-refractivity contribution in [1.82, 2.24) is 24.4 Å². The highest BCUT2D eigenvalue weighted by Gasteiger charge is 2.22. The number of imidazole rings is 1. The lowest BCUT2D eigenvalue weighted by Crippen LogP contribution is -2.28. The average molecular weight is 363 g/mol. The summed E-state index contributed by atoms with van der Waals surface area (Å²) in [5, 5.41) is 3.81. The number of rotatable bonds is 6. The Morgan fingerprint density at radius 2 is 2.00 bits per heavy atom. The van der Waals surface area contributed by atoms with Crippen LogP contribution in [0.3, 0.4) is 0 Å². The van der Waals surface area contributed by atoms with Gasteiger partial charge in [0.05, 0.1) is 29.7 Å². The second-order valence-corrected chi connectivity index (χ2v) is 8.76. The molecule has 0 atom stereocenters. The van der Waals surface area contributed by atoms with Crippen LogP contribution in [0, 0.1) is 0 Å². The maximum atomic E-state index is 12.2. The average Bonchev–Trinajstić information content (AvgIpc) is 3.18. The minimum absolute atomic E-state index is 0.00654. The van der Waals surface area contributed by atoms with Crippen LogP contribution in [0.5, 0.6) is 0 Å². The van der Waals surface area contributed by atoms with Crippen LogP contribution in [0.15, 0.2) is 35.1 Å². The third-order valence-corrected chi connectivity index (χ3v) is 4.99. The summed E-state index contributed by atoms with van der Waals surface area (Å²) in [5.41, 5.74) is 1.48. The summed E-state index contributed by atoms with van der Waals surface area (Å²) in [4.78, 5) is 8.47. The summed E-state index contributed by atoms with van der Waals surface area (Å²) in [5.74, 6) is 0.741. The molecule has 9 heteroatoms. The molecular formula is C16H21N5O3S. The molecule has 1 aromatic carbocycles. The van der Waals surface area contributed by atoms with E-state index in [1.54, 1.807) is 6.33 Å². The van der Waals surface area contributed by atoms with Crippen molar-refractivity contribution in [3.63, 3.8) is 0 Å². The zero-order chi connectivity index (χ0) is 18.1. The molecule has 0 aliphatic heterocycles. The Labute approximate surface area is 146 Å². The zero-order valence-corrected chi connectivity index (χ0v) is 15.2. The molecule has 3 rings (SSSR count). The fourth-order valence-electron chi connectivity index (χ4n) is 2.28. The number of hydrogen-bond donors (Lipinski definition) is 1. The first kappa shape index (κ1) is 17.6. The highest BCUT2D eigenvalue weighted by atomic mass is 32.2. The largest absolute Gasteiger partial charge is 0.339 e. The second kappa shape index (κ2) is 6.57. The second-order valence-electron chi connectivity index (χ2n) is 6.83. The Hall–Kier alpha value is -2.26. The first-order chi connectivity index (χ1) is 11.7. The number of hydrogen-bond acceptors (Lipinski definition) is 6. The van der Waals surface area contributed by atoms with Crippen molar-refractivity contribution in [2.45, 2.75) is 39.3 Å². The monoisotopic (exact) mass is 363 g/mol. The van der Waals surface area contributed by atoms with Crippen molar-refractivity contribution < 1.29 is 12.9 Å². The topological polar surface area (TPSA) is 103 Å². The third-order valence-electron chi connectivity index (χ3n) is 3.69. The Balaban J connectivity index is 1.60. The molecule has 0 fully saturated rings. The summed E-state index contributed by atoms with van der Waals surface area (Å²) in [6.45, 7) is 6.17. The van der Waals surface area contributed by atoms with Gasteiger partial charge in [0, 0.05) is 12.0 Å². The molecule has 2 heterocycles. The Morgan fingerprint density at radius 3 is 2.72 bits per heavy atom. The van der Waals surface area contributed by atoms with E-state index in [0.717, 1.165) is 11.0 Å². The first-order valence-corrected chi connectivity index (χ1v) is 9.60. The van der Waals surface area contributed by atoms with E-state index >= 15 is 0 Å². The van der Waals surface area contributed by atoms with E-state index < -0.39 is 10.0 Å². The van der Waals surface area contributed by atoms with Gasteiger partial charge in [0.15, 0.2) is 5.82 Å². The Kier molecular flexibility index (Phi) is 4.61. The molecular weight excluding hydrogens is 342 g/mol. The van der Waals surface area contributed by atoms with E-state index in [1.165, 1.54) is 0 Å².